The molecule has 306 valence electrons. The van der Waals surface area contributed by atoms with Crippen molar-refractivity contribution in [3.8, 4) is 0 Å². The molecule has 6 heterocycles. The maximum Gasteiger partial charge on any atom is 0.0601 e. The molecule has 6 rings (SSSR count). The molecule has 0 aromatic carbocycles. The van der Waals surface area contributed by atoms with Gasteiger partial charge < -0.3 is 19.6 Å². The molecule has 10 heteroatoms. The molecule has 0 saturated heterocycles. The van der Waals surface area contributed by atoms with Gasteiger partial charge in [0, 0.05) is 75.6 Å². The first-order chi connectivity index (χ1) is 28.5. The molecule has 10 nitrogen and oxygen atoms in total. The Morgan fingerprint density at radius 3 is 0.831 bits per heavy atom. The van der Waals surface area contributed by atoms with Crippen LogP contribution < -0.4 is 0 Å². The first-order valence-corrected chi connectivity index (χ1v) is 20.3. The van der Waals surface area contributed by atoms with Crippen LogP contribution in [-0.4, -0.2) is 63.1 Å². The van der Waals surface area contributed by atoms with E-state index >= 15 is 0 Å². The van der Waals surface area contributed by atoms with E-state index in [1.807, 2.05) is 37.2 Å². The molecule has 0 atom stereocenters. The van der Waals surface area contributed by atoms with Gasteiger partial charge in [0.05, 0.1) is 73.4 Å². The molecular formula is C49H60N10. The fourth-order valence-corrected chi connectivity index (χ4v) is 5.89. The van der Waals surface area contributed by atoms with E-state index in [1.54, 1.807) is 0 Å². The second-order valence-corrected chi connectivity index (χ2v) is 15.3. The lowest BCUT2D eigenvalue weighted by Crippen LogP contribution is -2.22. The van der Waals surface area contributed by atoms with Crippen LogP contribution in [0, 0.1) is 41.5 Å². The van der Waals surface area contributed by atoms with Crippen LogP contribution >= 0.6 is 0 Å². The molecule has 0 aliphatic carbocycles. The summed E-state index contributed by atoms with van der Waals surface area (Å²) in [5, 5.41) is 0. The van der Waals surface area contributed by atoms with Crippen LogP contribution in [0.25, 0.3) is 0 Å². The topological polar surface area (TPSA) is 90.3 Å². The summed E-state index contributed by atoms with van der Waals surface area (Å²) >= 11 is 0. The fourth-order valence-electron chi connectivity index (χ4n) is 5.89. The molecular weight excluding hydrogens is 729 g/mol. The Kier molecular flexibility index (Phi) is 16.7. The van der Waals surface area contributed by atoms with Gasteiger partial charge in [-0.2, -0.15) is 0 Å². The van der Waals surface area contributed by atoms with Gasteiger partial charge in [0.2, 0.25) is 0 Å². The summed E-state index contributed by atoms with van der Waals surface area (Å²) in [6.07, 6.45) is 20.0. The largest absolute Gasteiger partial charge is 0.373 e. The minimum atomic E-state index is 0.725. The third-order valence-electron chi connectivity index (χ3n) is 9.50. The molecule has 0 saturated carbocycles. The molecule has 0 aliphatic heterocycles. The number of aryl methyl sites for hydroxylation is 6. The number of nitrogens with zero attached hydrogens (tertiary/aromatic N) is 10. The quantitative estimate of drug-likeness (QED) is 0.0892. The van der Waals surface area contributed by atoms with Crippen LogP contribution in [0.3, 0.4) is 0 Å². The lowest BCUT2D eigenvalue weighted by Gasteiger charge is -2.23. The van der Waals surface area contributed by atoms with Crippen LogP contribution in [-0.2, 0) is 39.3 Å². The minimum absolute atomic E-state index is 0.725. The highest BCUT2D eigenvalue weighted by Gasteiger charge is 2.09. The van der Waals surface area contributed by atoms with Gasteiger partial charge in [-0.25, -0.2) is 0 Å². The summed E-state index contributed by atoms with van der Waals surface area (Å²) < 4.78 is 0. The van der Waals surface area contributed by atoms with Gasteiger partial charge >= 0.3 is 0 Å². The molecule has 0 unspecified atom stereocenters. The Bertz CT molecular complexity index is 2070. The van der Waals surface area contributed by atoms with Gasteiger partial charge in [-0.15, -0.1) is 0 Å². The average Bonchev–Trinajstić information content (AvgIpc) is 3.23. The van der Waals surface area contributed by atoms with E-state index in [0.29, 0.717) is 0 Å². The zero-order valence-electron chi connectivity index (χ0n) is 36.1. The standard InChI is InChI=1S/C25H31N5.C24H29N5/c1-5-29(17-23-9-6-20(2)14-26-23)12-13-30(18-24-10-7-21(3)15-27-24)19-25-11-8-22(4)16-28-25;1-19-5-8-22(25-13-19)16-28(4)11-12-29(17-23-9-6-20(2)14-26-23)18-24-10-7-21(3)15-27-24/h6-16H,5,17-19H2,1-4H3;5-15H,16-18H2,1-4H3/b13-12+;12-11+. The van der Waals surface area contributed by atoms with Crippen molar-refractivity contribution in [3.63, 3.8) is 0 Å². The summed E-state index contributed by atoms with van der Waals surface area (Å²) in [4.78, 5) is 36.2. The fraction of sp³-hybridized carbons (Fsp3) is 0.306. The van der Waals surface area contributed by atoms with Gasteiger partial charge in [0.1, 0.15) is 0 Å². The molecule has 0 aliphatic rings. The summed E-state index contributed by atoms with van der Waals surface area (Å²) in [6.45, 7) is 19.9. The summed E-state index contributed by atoms with van der Waals surface area (Å²) in [5.74, 6) is 0. The van der Waals surface area contributed by atoms with Crippen LogP contribution in [0.1, 0.15) is 74.5 Å². The summed E-state index contributed by atoms with van der Waals surface area (Å²) in [7, 11) is 2.06. The number of hydrogen-bond donors (Lipinski definition) is 0. The highest BCUT2D eigenvalue weighted by atomic mass is 15.2. The van der Waals surface area contributed by atoms with E-state index in [9.17, 15) is 0 Å². The van der Waals surface area contributed by atoms with Crippen molar-refractivity contribution in [2.45, 2.75) is 87.7 Å². The minimum Gasteiger partial charge on any atom is -0.373 e. The zero-order chi connectivity index (χ0) is 42.0. The van der Waals surface area contributed by atoms with E-state index in [2.05, 4.69) is 203 Å². The smallest absolute Gasteiger partial charge is 0.0601 e. The molecule has 0 amide bonds. The summed E-state index contributed by atoms with van der Waals surface area (Å²) in [5.41, 5.74) is 13.3. The maximum absolute atomic E-state index is 4.58. The van der Waals surface area contributed by atoms with Gasteiger partial charge in [-0.05, 0) is 118 Å². The Hall–Kier alpha value is -6.42. The second kappa shape index (κ2) is 22.5. The van der Waals surface area contributed by atoms with Crippen molar-refractivity contribution in [2.24, 2.45) is 0 Å². The Balaban J connectivity index is 0.000000224. The van der Waals surface area contributed by atoms with Crippen molar-refractivity contribution >= 4 is 0 Å². The SMILES string of the molecule is CCN(/C=C/N(Cc1ccc(C)cn1)Cc1ccc(C)cn1)Cc1ccc(C)cn1.Cc1ccc(CN(C)/C=C/N(Cc2ccc(C)cn2)Cc2ccc(C)cn2)nc1. The average molecular weight is 789 g/mol. The van der Waals surface area contributed by atoms with Gasteiger partial charge in [-0.1, -0.05) is 36.4 Å². The number of rotatable bonds is 17. The number of pyridine rings is 6. The molecule has 0 radical (unpaired) electrons. The van der Waals surface area contributed by atoms with Crippen molar-refractivity contribution in [2.75, 3.05) is 13.6 Å². The molecule has 6 aromatic heterocycles. The van der Waals surface area contributed by atoms with E-state index in [4.69, 9.17) is 0 Å². The Morgan fingerprint density at radius 2 is 0.576 bits per heavy atom. The third-order valence-corrected chi connectivity index (χ3v) is 9.50. The molecule has 0 fully saturated rings. The monoisotopic (exact) mass is 789 g/mol. The number of hydrogen-bond acceptors (Lipinski definition) is 10. The van der Waals surface area contributed by atoms with Crippen LogP contribution in [0.5, 0.6) is 0 Å². The molecule has 6 aromatic rings. The van der Waals surface area contributed by atoms with E-state index in [0.717, 1.165) is 80.0 Å². The Morgan fingerprint density at radius 1 is 0.339 bits per heavy atom. The molecule has 0 spiro atoms. The van der Waals surface area contributed by atoms with Crippen LogP contribution in [0.4, 0.5) is 0 Å². The summed E-state index contributed by atoms with van der Waals surface area (Å²) in [6, 6.07) is 25.1. The predicted octanol–water partition coefficient (Wildman–Crippen LogP) is 9.19. The third kappa shape index (κ3) is 15.8. The second-order valence-electron chi connectivity index (χ2n) is 15.3. The van der Waals surface area contributed by atoms with Crippen LogP contribution in [0.15, 0.2) is 135 Å². The lowest BCUT2D eigenvalue weighted by molar-refractivity contribution is 0.328. The van der Waals surface area contributed by atoms with Gasteiger partial charge in [0.25, 0.3) is 0 Å². The van der Waals surface area contributed by atoms with E-state index in [1.165, 1.54) is 33.4 Å². The van der Waals surface area contributed by atoms with Crippen molar-refractivity contribution in [3.05, 3.63) is 202 Å². The highest BCUT2D eigenvalue weighted by molar-refractivity contribution is 5.18. The predicted molar refractivity (Wildman–Crippen MR) is 238 cm³/mol. The first kappa shape index (κ1) is 43.7. The van der Waals surface area contributed by atoms with Crippen LogP contribution in [0.2, 0.25) is 0 Å². The molecule has 59 heavy (non-hydrogen) atoms. The van der Waals surface area contributed by atoms with Crippen molar-refractivity contribution in [1.82, 2.24) is 49.5 Å². The van der Waals surface area contributed by atoms with Crippen molar-refractivity contribution < 1.29 is 0 Å². The molecule has 0 N–H and O–H groups in total. The maximum atomic E-state index is 4.58. The Labute approximate surface area is 352 Å². The highest BCUT2D eigenvalue weighted by Crippen LogP contribution is 2.13. The van der Waals surface area contributed by atoms with Gasteiger partial charge in [0.15, 0.2) is 0 Å². The lowest BCUT2D eigenvalue weighted by atomic mass is 10.2. The normalized spacial score (nSPS) is 11.1. The van der Waals surface area contributed by atoms with Crippen molar-refractivity contribution in [1.29, 1.82) is 0 Å². The first-order valence-electron chi connectivity index (χ1n) is 20.3. The molecule has 0 bridgehead atoms. The van der Waals surface area contributed by atoms with E-state index < -0.39 is 0 Å². The van der Waals surface area contributed by atoms with Gasteiger partial charge in [-0.3, -0.25) is 29.9 Å². The zero-order valence-corrected chi connectivity index (χ0v) is 36.1. The number of aromatic nitrogens is 6. The van der Waals surface area contributed by atoms with E-state index in [-0.39, 0.29) is 0 Å².